The lowest BCUT2D eigenvalue weighted by Gasteiger charge is -1.97. The first-order valence-corrected chi connectivity index (χ1v) is 5.40. The first-order chi connectivity index (χ1) is 8.11. The fourth-order valence-corrected chi connectivity index (χ4v) is 1.95. The van der Waals surface area contributed by atoms with Crippen molar-refractivity contribution in [2.24, 2.45) is 5.73 Å². The summed E-state index contributed by atoms with van der Waals surface area (Å²) in [5, 5.41) is 19.3. The molecule has 2 rings (SSSR count). The topological polar surface area (TPSA) is 94.9 Å². The van der Waals surface area contributed by atoms with Crippen molar-refractivity contribution in [1.82, 2.24) is 10.2 Å². The Hall–Kier alpha value is -1.93. The van der Waals surface area contributed by atoms with Crippen LogP contribution in [-0.4, -0.2) is 15.1 Å². The summed E-state index contributed by atoms with van der Waals surface area (Å²) in [6, 6.07) is 3.59. The molecule has 0 saturated carbocycles. The van der Waals surface area contributed by atoms with Gasteiger partial charge >= 0.3 is 5.69 Å². The maximum Gasteiger partial charge on any atom is 0.305 e. The van der Waals surface area contributed by atoms with E-state index < -0.39 is 16.4 Å². The summed E-state index contributed by atoms with van der Waals surface area (Å²) in [5.41, 5.74) is 5.26. The smallest absolute Gasteiger partial charge is 0.305 e. The highest BCUT2D eigenvalue weighted by atomic mass is 32.1. The summed E-state index contributed by atoms with van der Waals surface area (Å²) in [7, 11) is 0. The molecule has 0 aliphatic carbocycles. The Kier molecular flexibility index (Phi) is 3.07. The van der Waals surface area contributed by atoms with E-state index in [1.807, 2.05) is 0 Å². The van der Waals surface area contributed by atoms with Gasteiger partial charge in [-0.15, -0.1) is 10.2 Å². The van der Waals surface area contributed by atoms with Gasteiger partial charge in [-0.1, -0.05) is 11.3 Å². The number of nitro benzene ring substituents is 1. The fourth-order valence-electron chi connectivity index (χ4n) is 1.24. The van der Waals surface area contributed by atoms with Gasteiger partial charge in [-0.05, 0) is 12.1 Å². The van der Waals surface area contributed by atoms with Crippen LogP contribution in [0, 0.1) is 15.9 Å². The maximum atomic E-state index is 13.1. The van der Waals surface area contributed by atoms with Crippen molar-refractivity contribution < 1.29 is 9.31 Å². The summed E-state index contributed by atoms with van der Waals surface area (Å²) in [4.78, 5) is 9.81. The molecule has 8 heteroatoms. The lowest BCUT2D eigenvalue weighted by atomic mass is 10.2. The quantitative estimate of drug-likeness (QED) is 0.664. The van der Waals surface area contributed by atoms with Crippen molar-refractivity contribution in [3.63, 3.8) is 0 Å². The zero-order chi connectivity index (χ0) is 12.4. The molecular weight excluding hydrogens is 247 g/mol. The second kappa shape index (κ2) is 4.52. The molecule has 0 aliphatic heterocycles. The minimum Gasteiger partial charge on any atom is -0.324 e. The summed E-state index contributed by atoms with van der Waals surface area (Å²) in [6.45, 7) is 0.251. The van der Waals surface area contributed by atoms with E-state index in [0.29, 0.717) is 15.6 Å². The number of nitro groups is 1. The molecule has 0 spiro atoms. The molecule has 0 bridgehead atoms. The molecule has 1 aromatic carbocycles. The average molecular weight is 254 g/mol. The van der Waals surface area contributed by atoms with E-state index in [9.17, 15) is 14.5 Å². The predicted molar refractivity (Wildman–Crippen MR) is 59.8 cm³/mol. The number of aromatic nitrogens is 2. The largest absolute Gasteiger partial charge is 0.324 e. The summed E-state index contributed by atoms with van der Waals surface area (Å²) in [5.74, 6) is -0.873. The van der Waals surface area contributed by atoms with Gasteiger partial charge in [0.2, 0.25) is 5.82 Å². The number of rotatable bonds is 3. The molecule has 0 fully saturated rings. The van der Waals surface area contributed by atoms with E-state index in [4.69, 9.17) is 5.73 Å². The second-order valence-electron chi connectivity index (χ2n) is 3.13. The molecule has 88 valence electrons. The minimum atomic E-state index is -0.873. The molecule has 0 aliphatic rings. The van der Waals surface area contributed by atoms with Crippen LogP contribution in [0.1, 0.15) is 5.01 Å². The number of nitrogens with two attached hydrogens (primary N) is 1. The summed E-state index contributed by atoms with van der Waals surface area (Å²) in [6.07, 6.45) is 0. The van der Waals surface area contributed by atoms with Crippen LogP contribution in [0.4, 0.5) is 10.1 Å². The van der Waals surface area contributed by atoms with Gasteiger partial charge in [0.1, 0.15) is 10.0 Å². The van der Waals surface area contributed by atoms with Crippen LogP contribution in [0.25, 0.3) is 10.6 Å². The number of nitrogens with zero attached hydrogens (tertiary/aromatic N) is 3. The van der Waals surface area contributed by atoms with Gasteiger partial charge in [-0.3, -0.25) is 10.1 Å². The van der Waals surface area contributed by atoms with E-state index in [1.165, 1.54) is 17.4 Å². The number of hydrogen-bond donors (Lipinski definition) is 1. The Morgan fingerprint density at radius 2 is 2.24 bits per heavy atom. The van der Waals surface area contributed by atoms with Crippen molar-refractivity contribution in [2.75, 3.05) is 0 Å². The third-order valence-electron chi connectivity index (χ3n) is 2.03. The summed E-state index contributed by atoms with van der Waals surface area (Å²) < 4.78 is 13.1. The highest BCUT2D eigenvalue weighted by Gasteiger charge is 2.16. The van der Waals surface area contributed by atoms with Crippen LogP contribution < -0.4 is 5.73 Å². The second-order valence-corrected chi connectivity index (χ2v) is 4.19. The van der Waals surface area contributed by atoms with Gasteiger partial charge < -0.3 is 5.73 Å². The molecule has 0 radical (unpaired) electrons. The maximum absolute atomic E-state index is 13.1. The Morgan fingerprint density at radius 3 is 2.82 bits per heavy atom. The van der Waals surface area contributed by atoms with E-state index >= 15 is 0 Å². The van der Waals surface area contributed by atoms with Crippen molar-refractivity contribution >= 4 is 17.0 Å². The molecule has 6 nitrogen and oxygen atoms in total. The van der Waals surface area contributed by atoms with Gasteiger partial charge in [-0.2, -0.15) is 4.39 Å². The highest BCUT2D eigenvalue weighted by molar-refractivity contribution is 7.14. The van der Waals surface area contributed by atoms with Crippen molar-refractivity contribution in [3.05, 3.63) is 39.1 Å². The van der Waals surface area contributed by atoms with Crippen molar-refractivity contribution in [3.8, 4) is 10.6 Å². The first-order valence-electron chi connectivity index (χ1n) is 4.58. The van der Waals surface area contributed by atoms with Gasteiger partial charge in [0.05, 0.1) is 4.92 Å². The van der Waals surface area contributed by atoms with Crippen molar-refractivity contribution in [1.29, 1.82) is 0 Å². The first kappa shape index (κ1) is 11.6. The zero-order valence-corrected chi connectivity index (χ0v) is 9.28. The highest BCUT2D eigenvalue weighted by Crippen LogP contribution is 2.28. The molecule has 1 aromatic heterocycles. The molecule has 17 heavy (non-hydrogen) atoms. The summed E-state index contributed by atoms with van der Waals surface area (Å²) >= 11 is 1.22. The van der Waals surface area contributed by atoms with Gasteiger partial charge in [0.15, 0.2) is 0 Å². The van der Waals surface area contributed by atoms with Crippen LogP contribution in [0.3, 0.4) is 0 Å². The lowest BCUT2D eigenvalue weighted by molar-refractivity contribution is -0.387. The fraction of sp³-hybridized carbons (Fsp3) is 0.111. The van der Waals surface area contributed by atoms with Crippen LogP contribution in [0.5, 0.6) is 0 Å². The van der Waals surface area contributed by atoms with E-state index in [2.05, 4.69) is 10.2 Å². The monoisotopic (exact) mass is 254 g/mol. The SMILES string of the molecule is NCc1nnc(-c2ccc(F)c([N+](=O)[O-])c2)s1. The van der Waals surface area contributed by atoms with E-state index in [1.54, 1.807) is 0 Å². The third kappa shape index (κ3) is 2.27. The molecule has 0 atom stereocenters. The van der Waals surface area contributed by atoms with Crippen LogP contribution in [-0.2, 0) is 6.54 Å². The molecule has 0 saturated heterocycles. The molecule has 1 heterocycles. The Morgan fingerprint density at radius 1 is 1.47 bits per heavy atom. The Bertz CT molecular complexity index is 572. The number of halogens is 1. The number of hydrogen-bond acceptors (Lipinski definition) is 6. The number of benzene rings is 1. The standard InChI is InChI=1S/C9H7FN4O2S/c10-6-2-1-5(3-7(6)14(15)16)9-13-12-8(4-11)17-9/h1-3H,4,11H2. The molecular formula is C9H7FN4O2S. The predicted octanol–water partition coefficient (Wildman–Crippen LogP) is 1.71. The van der Waals surface area contributed by atoms with Crippen LogP contribution in [0.15, 0.2) is 18.2 Å². The van der Waals surface area contributed by atoms with E-state index in [0.717, 1.165) is 12.1 Å². The van der Waals surface area contributed by atoms with E-state index in [-0.39, 0.29) is 6.54 Å². The average Bonchev–Trinajstić information content (AvgIpc) is 2.78. The van der Waals surface area contributed by atoms with Crippen LogP contribution in [0.2, 0.25) is 0 Å². The van der Waals surface area contributed by atoms with Crippen molar-refractivity contribution in [2.45, 2.75) is 6.54 Å². The molecule has 2 N–H and O–H groups in total. The zero-order valence-electron chi connectivity index (χ0n) is 8.46. The normalized spacial score (nSPS) is 10.5. The third-order valence-corrected chi connectivity index (χ3v) is 3.03. The molecule has 0 unspecified atom stereocenters. The Labute approximate surface area is 99.1 Å². The van der Waals surface area contributed by atoms with Gasteiger partial charge in [0, 0.05) is 18.2 Å². The Balaban J connectivity index is 2.46. The van der Waals surface area contributed by atoms with Gasteiger partial charge in [-0.25, -0.2) is 0 Å². The lowest BCUT2D eigenvalue weighted by Crippen LogP contribution is -1.94. The minimum absolute atomic E-state index is 0.251. The van der Waals surface area contributed by atoms with Gasteiger partial charge in [0.25, 0.3) is 0 Å². The molecule has 0 amide bonds. The van der Waals surface area contributed by atoms with Crippen LogP contribution >= 0.6 is 11.3 Å². The molecule has 2 aromatic rings.